The third kappa shape index (κ3) is 7.48. The van der Waals surface area contributed by atoms with Gasteiger partial charge < -0.3 is 10.5 Å². The highest BCUT2D eigenvalue weighted by Crippen LogP contribution is 2.35. The largest absolute Gasteiger partial charge is 0.383 e. The van der Waals surface area contributed by atoms with E-state index in [2.05, 4.69) is 45.0 Å². The van der Waals surface area contributed by atoms with E-state index in [1.807, 2.05) is 71.1 Å². The van der Waals surface area contributed by atoms with E-state index in [9.17, 15) is 0 Å². The van der Waals surface area contributed by atoms with E-state index in [-0.39, 0.29) is 5.71 Å². The van der Waals surface area contributed by atoms with Gasteiger partial charge in [-0.15, -0.1) is 0 Å². The third-order valence-electron chi connectivity index (χ3n) is 8.85. The lowest BCUT2D eigenvalue weighted by Gasteiger charge is -2.51. The highest BCUT2D eigenvalue weighted by Gasteiger charge is 2.40. The molecule has 3 aromatic heterocycles. The molecule has 0 amide bonds. The summed E-state index contributed by atoms with van der Waals surface area (Å²) in [5, 5.41) is 8.91. The van der Waals surface area contributed by atoms with Crippen molar-refractivity contribution in [2.45, 2.75) is 91.8 Å². The lowest BCUT2D eigenvalue weighted by atomic mass is 9.89. The number of hydrogen-bond acceptors (Lipinski definition) is 7. The molecule has 7 heteroatoms. The molecular weight excluding hydrogens is 556 g/mol. The number of likely N-dealkylation sites (tertiary alicyclic amines) is 1. The van der Waals surface area contributed by atoms with Crippen molar-refractivity contribution in [1.29, 1.82) is 5.41 Å². The van der Waals surface area contributed by atoms with Crippen molar-refractivity contribution in [3.63, 3.8) is 0 Å². The van der Waals surface area contributed by atoms with Gasteiger partial charge in [-0.25, -0.2) is 4.98 Å². The number of nitrogens with zero attached hydrogens (tertiary/aromatic N) is 4. The summed E-state index contributed by atoms with van der Waals surface area (Å²) in [4.78, 5) is 16.2. The summed E-state index contributed by atoms with van der Waals surface area (Å²) in [5.41, 5.74) is 15.5. The predicted octanol–water partition coefficient (Wildman–Crippen LogP) is 7.92. The van der Waals surface area contributed by atoms with E-state index in [1.165, 1.54) is 24.0 Å². The molecule has 0 saturated carbocycles. The van der Waals surface area contributed by atoms with Gasteiger partial charge in [0.25, 0.3) is 0 Å². The molecule has 1 aliphatic carbocycles. The van der Waals surface area contributed by atoms with Crippen LogP contribution in [0.2, 0.25) is 0 Å². The third-order valence-corrected chi connectivity index (χ3v) is 8.85. The molecule has 6 rings (SSSR count). The minimum Gasteiger partial charge on any atom is -0.383 e. The number of hydrogen-bond donors (Lipinski definition) is 2. The molecule has 3 atom stereocenters. The van der Waals surface area contributed by atoms with E-state index < -0.39 is 0 Å². The van der Waals surface area contributed by atoms with Gasteiger partial charge in [0, 0.05) is 60.5 Å². The maximum atomic E-state index is 8.91. The number of methoxy groups -OCH3 is 1. The Hall–Kier alpha value is -3.94. The van der Waals surface area contributed by atoms with Gasteiger partial charge in [-0.1, -0.05) is 52.0 Å². The van der Waals surface area contributed by atoms with E-state index in [1.54, 1.807) is 19.5 Å². The molecule has 1 aromatic carbocycles. The van der Waals surface area contributed by atoms with Gasteiger partial charge in [-0.3, -0.25) is 20.3 Å². The maximum absolute atomic E-state index is 8.91. The number of pyridine rings is 3. The zero-order valence-corrected chi connectivity index (χ0v) is 28.1. The second kappa shape index (κ2) is 15.9. The van der Waals surface area contributed by atoms with Crippen LogP contribution in [0.1, 0.15) is 81.8 Å². The molecule has 45 heavy (non-hydrogen) atoms. The number of nitrogen functional groups attached to an aromatic ring is 1. The summed E-state index contributed by atoms with van der Waals surface area (Å²) in [6.07, 6.45) is 11.1. The van der Waals surface area contributed by atoms with Crippen LogP contribution in [-0.2, 0) is 17.6 Å². The number of aromatic nitrogens is 3. The second-order valence-corrected chi connectivity index (χ2v) is 11.5. The smallest absolute Gasteiger partial charge is 0.132 e. The fraction of sp³-hybridized carbons (Fsp3) is 0.421. The first-order chi connectivity index (χ1) is 21.9. The molecule has 1 saturated heterocycles. The molecule has 0 spiro atoms. The number of nitrogens with two attached hydrogens (primary N) is 1. The van der Waals surface area contributed by atoms with Gasteiger partial charge >= 0.3 is 0 Å². The quantitative estimate of drug-likeness (QED) is 0.164. The Kier molecular flexibility index (Phi) is 12.0. The van der Waals surface area contributed by atoms with Crippen LogP contribution in [0.15, 0.2) is 67.1 Å². The van der Waals surface area contributed by atoms with Crippen molar-refractivity contribution < 1.29 is 4.74 Å². The van der Waals surface area contributed by atoms with Crippen molar-refractivity contribution >= 4 is 11.5 Å². The minimum absolute atomic E-state index is 0.257. The molecule has 4 aromatic rings. The van der Waals surface area contributed by atoms with Crippen molar-refractivity contribution in [1.82, 2.24) is 19.9 Å². The van der Waals surface area contributed by atoms with E-state index in [0.717, 1.165) is 53.8 Å². The first kappa shape index (κ1) is 33.9. The summed E-state index contributed by atoms with van der Waals surface area (Å²) in [7, 11) is 1.81. The summed E-state index contributed by atoms with van der Waals surface area (Å²) < 4.78 is 5.49. The Morgan fingerprint density at radius 1 is 0.911 bits per heavy atom. The Balaban J connectivity index is 0.00000111. The Morgan fingerprint density at radius 2 is 1.62 bits per heavy atom. The van der Waals surface area contributed by atoms with Crippen LogP contribution in [0.5, 0.6) is 0 Å². The zero-order chi connectivity index (χ0) is 32.5. The van der Waals surface area contributed by atoms with Crippen molar-refractivity contribution in [2.24, 2.45) is 0 Å². The van der Waals surface area contributed by atoms with Crippen LogP contribution in [-0.4, -0.2) is 57.4 Å². The van der Waals surface area contributed by atoms with Crippen molar-refractivity contribution in [3.8, 4) is 22.4 Å². The Bertz CT molecular complexity index is 1570. The molecule has 1 aliphatic heterocycles. The maximum Gasteiger partial charge on any atom is 0.132 e. The first-order valence-electron chi connectivity index (χ1n) is 16.5. The molecule has 7 nitrogen and oxygen atoms in total. The number of benzene rings is 1. The van der Waals surface area contributed by atoms with Crippen LogP contribution in [0.25, 0.3) is 22.4 Å². The van der Waals surface area contributed by atoms with Gasteiger partial charge in [0.05, 0.1) is 23.7 Å². The molecule has 3 N–H and O–H groups in total. The molecule has 3 unspecified atom stereocenters. The van der Waals surface area contributed by atoms with Crippen LogP contribution in [0.4, 0.5) is 5.82 Å². The van der Waals surface area contributed by atoms with Crippen LogP contribution >= 0.6 is 0 Å². The minimum atomic E-state index is 0.257. The van der Waals surface area contributed by atoms with E-state index in [0.29, 0.717) is 35.2 Å². The van der Waals surface area contributed by atoms with Gasteiger partial charge in [-0.2, -0.15) is 0 Å². The summed E-state index contributed by atoms with van der Waals surface area (Å²) >= 11 is 0. The monoisotopic (exact) mass is 606 g/mol. The van der Waals surface area contributed by atoms with Crippen LogP contribution in [0, 0.1) is 12.3 Å². The zero-order valence-electron chi connectivity index (χ0n) is 28.1. The lowest BCUT2D eigenvalue weighted by Crippen LogP contribution is -2.60. The average Bonchev–Trinajstić information content (AvgIpc) is 3.28. The normalized spacial score (nSPS) is 19.0. The van der Waals surface area contributed by atoms with Gasteiger partial charge in [0.15, 0.2) is 0 Å². The fourth-order valence-electron chi connectivity index (χ4n) is 6.67. The number of fused-ring (bicyclic) bond motifs is 1. The summed E-state index contributed by atoms with van der Waals surface area (Å²) in [6.45, 7) is 13.2. The number of aryl methyl sites for hydroxylation is 3. The Morgan fingerprint density at radius 3 is 2.29 bits per heavy atom. The number of ether oxygens (including phenoxy) is 1. The summed E-state index contributed by atoms with van der Waals surface area (Å²) in [5.74, 6) is 0.331. The fourth-order valence-corrected chi connectivity index (χ4v) is 6.67. The van der Waals surface area contributed by atoms with E-state index in [4.69, 9.17) is 15.9 Å². The Labute approximate surface area is 269 Å². The van der Waals surface area contributed by atoms with Crippen LogP contribution < -0.4 is 5.73 Å². The molecule has 4 heterocycles. The van der Waals surface area contributed by atoms with E-state index >= 15 is 0 Å². The molecule has 1 fully saturated rings. The average molecular weight is 607 g/mol. The van der Waals surface area contributed by atoms with Gasteiger partial charge in [0.2, 0.25) is 0 Å². The van der Waals surface area contributed by atoms with Crippen LogP contribution in [0.3, 0.4) is 0 Å². The van der Waals surface area contributed by atoms with Gasteiger partial charge in [-0.05, 0) is 92.5 Å². The molecule has 0 bridgehead atoms. The van der Waals surface area contributed by atoms with Gasteiger partial charge in [0.1, 0.15) is 5.82 Å². The lowest BCUT2D eigenvalue weighted by molar-refractivity contribution is -0.0550. The van der Waals surface area contributed by atoms with Crippen molar-refractivity contribution in [3.05, 3.63) is 95.1 Å². The number of nitrogens with one attached hydrogen (secondary N) is 1. The molecule has 2 aliphatic rings. The highest BCUT2D eigenvalue weighted by molar-refractivity contribution is 6.12. The standard InChI is InChI=1S/C34H38N6O.2C2H6/c1-21-5-4-14-37-33(21)26-10-13-31(38-18-26)32(35)30-17-27(19-39-34(30)36)25-7-6-23-8-11-28(12-9-24(23)16-25)40-22(2)15-29(40)20-41-3;2*1-2/h4-7,10,13-14,16-19,22,28-29,35H,8-9,11-12,15,20H2,1-3H3,(H2,36,39);2*1-2H3. The highest BCUT2D eigenvalue weighted by atomic mass is 16.5. The number of rotatable bonds is 7. The van der Waals surface area contributed by atoms with Crippen molar-refractivity contribution in [2.75, 3.05) is 19.5 Å². The SMILES string of the molecule is CC.CC.COCC1CC(C)N1C1CCc2ccc(-c3cnc(N)c(C(=N)c4ccc(-c5ncccc5C)cn4)c3)cc2CC1. The first-order valence-corrected chi connectivity index (χ1v) is 16.5. The molecule has 0 radical (unpaired) electrons. The topological polar surface area (TPSA) is 101 Å². The molecular formula is C38H50N6O. The summed E-state index contributed by atoms with van der Waals surface area (Å²) in [6, 6.07) is 18.3. The number of anilines is 1. The predicted molar refractivity (Wildman–Crippen MR) is 187 cm³/mol. The molecule has 238 valence electrons. The second-order valence-electron chi connectivity index (χ2n) is 11.5.